The van der Waals surface area contributed by atoms with E-state index >= 15 is 0 Å². The molecule has 8 rings (SSSR count). The average molecular weight is 734 g/mol. The van der Waals surface area contributed by atoms with Gasteiger partial charge in [-0.3, -0.25) is 4.79 Å². The summed E-state index contributed by atoms with van der Waals surface area (Å²) in [5.74, 6) is 0.0692. The lowest BCUT2D eigenvalue weighted by Crippen LogP contribution is -2.43. The Bertz CT molecular complexity index is 2420. The number of hydrogen-bond donors (Lipinski definition) is 3. The van der Waals surface area contributed by atoms with Crippen LogP contribution in [0.1, 0.15) is 53.5 Å². The number of nitrogens with one attached hydrogen (secondary N) is 2. The zero-order valence-corrected chi connectivity index (χ0v) is 29.6. The summed E-state index contributed by atoms with van der Waals surface area (Å²) < 4.78 is 49.4. The number of oxazole rings is 2. The number of esters is 1. The Hall–Kier alpha value is -5.68. The Morgan fingerprint density at radius 2 is 1.69 bits per heavy atom. The van der Waals surface area contributed by atoms with Crippen molar-refractivity contribution in [1.29, 1.82) is 5.26 Å². The molecule has 3 heterocycles. The lowest BCUT2D eigenvalue weighted by Gasteiger charge is -2.32. The van der Waals surface area contributed by atoms with Gasteiger partial charge < -0.3 is 34.0 Å². The van der Waals surface area contributed by atoms with E-state index in [1.54, 1.807) is 12.1 Å². The molecule has 1 atom stereocenters. The molecule has 0 amide bonds. The summed E-state index contributed by atoms with van der Waals surface area (Å²) >= 11 is 0. The maximum atomic E-state index is 13.4. The molecule has 6 aromatic rings. The molecule has 13 heteroatoms. The molecule has 1 saturated heterocycles. The molecule has 54 heavy (non-hydrogen) atoms. The SMILES string of the molecule is Cc1c(-c2nc3cc(COC(=O)[C@@H]4CCCN4)c(OC(F)F)cc3o2)cccc1-c1cccc(-c2nc3cc(CNC4CC(O)C4)cc(C#N)c3o2)c1C. The number of benzene rings is 4. The van der Waals surface area contributed by atoms with Crippen molar-refractivity contribution in [3.05, 3.63) is 88.5 Å². The smallest absolute Gasteiger partial charge is 0.387 e. The van der Waals surface area contributed by atoms with Crippen LogP contribution in [0.2, 0.25) is 0 Å². The molecule has 1 aliphatic heterocycles. The number of hydrogen-bond acceptors (Lipinski definition) is 11. The molecule has 1 aliphatic carbocycles. The van der Waals surface area contributed by atoms with E-state index in [2.05, 4.69) is 16.7 Å². The van der Waals surface area contributed by atoms with E-state index < -0.39 is 18.6 Å². The minimum absolute atomic E-state index is 0.159. The van der Waals surface area contributed by atoms with Crippen molar-refractivity contribution >= 4 is 28.2 Å². The second kappa shape index (κ2) is 14.6. The highest BCUT2D eigenvalue weighted by atomic mass is 19.3. The van der Waals surface area contributed by atoms with Crippen LogP contribution in [-0.4, -0.2) is 52.4 Å². The van der Waals surface area contributed by atoms with Gasteiger partial charge in [-0.05, 0) is 104 Å². The molecule has 11 nitrogen and oxygen atoms in total. The number of alkyl halides is 2. The van der Waals surface area contributed by atoms with Gasteiger partial charge in [0.1, 0.15) is 35.5 Å². The van der Waals surface area contributed by atoms with Crippen LogP contribution in [0.4, 0.5) is 8.78 Å². The molecule has 0 radical (unpaired) electrons. The predicted octanol–water partition coefficient (Wildman–Crippen LogP) is 7.47. The summed E-state index contributed by atoms with van der Waals surface area (Å²) in [6, 6.07) is 20.3. The highest BCUT2D eigenvalue weighted by Gasteiger charge is 2.27. The third-order valence-corrected chi connectivity index (χ3v) is 10.3. The molecule has 2 aromatic heterocycles. The normalized spacial score (nSPS) is 18.3. The van der Waals surface area contributed by atoms with E-state index in [0.29, 0.717) is 59.4 Å². The summed E-state index contributed by atoms with van der Waals surface area (Å²) in [4.78, 5) is 22.0. The molecule has 2 aliphatic rings. The fourth-order valence-electron chi connectivity index (χ4n) is 7.29. The minimum Gasteiger partial charge on any atom is -0.460 e. The molecule has 4 aromatic carbocycles. The molecule has 3 N–H and O–H groups in total. The van der Waals surface area contributed by atoms with E-state index in [1.165, 1.54) is 6.07 Å². The minimum atomic E-state index is -3.09. The van der Waals surface area contributed by atoms with E-state index in [-0.39, 0.29) is 41.5 Å². The Balaban J connectivity index is 1.09. The quantitative estimate of drug-likeness (QED) is 0.114. The van der Waals surface area contributed by atoms with Crippen molar-refractivity contribution < 1.29 is 37.0 Å². The summed E-state index contributed by atoms with van der Waals surface area (Å²) in [6.07, 6.45) is 2.69. The zero-order chi connectivity index (χ0) is 37.5. The van der Waals surface area contributed by atoms with Crippen molar-refractivity contribution in [3.63, 3.8) is 0 Å². The molecule has 1 saturated carbocycles. The van der Waals surface area contributed by atoms with Crippen LogP contribution in [-0.2, 0) is 22.7 Å². The number of rotatable bonds is 11. The van der Waals surface area contributed by atoms with Gasteiger partial charge in [0, 0.05) is 35.3 Å². The van der Waals surface area contributed by atoms with Crippen molar-refractivity contribution in [2.75, 3.05) is 6.54 Å². The van der Waals surface area contributed by atoms with E-state index in [9.17, 15) is 23.9 Å². The Morgan fingerprint density at radius 3 is 2.33 bits per heavy atom. The molecule has 0 spiro atoms. The fraction of sp³-hybridized carbons (Fsp3) is 0.317. The van der Waals surface area contributed by atoms with Gasteiger partial charge >= 0.3 is 12.6 Å². The number of aliphatic hydroxyl groups is 1. The van der Waals surface area contributed by atoms with Gasteiger partial charge in [-0.15, -0.1) is 0 Å². The number of carbonyl (C=O) groups is 1. The molecular weight excluding hydrogens is 696 g/mol. The summed E-state index contributed by atoms with van der Waals surface area (Å²) in [6.45, 7) is 1.86. The number of fused-ring (bicyclic) bond motifs is 2. The topological polar surface area (TPSA) is 156 Å². The Kier molecular flexibility index (Phi) is 9.58. The third-order valence-electron chi connectivity index (χ3n) is 10.3. The number of aliphatic hydroxyl groups excluding tert-OH is 1. The van der Waals surface area contributed by atoms with Gasteiger partial charge in [0.2, 0.25) is 11.8 Å². The van der Waals surface area contributed by atoms with Crippen LogP contribution >= 0.6 is 0 Å². The summed E-state index contributed by atoms with van der Waals surface area (Å²) in [5, 5.41) is 26.0. The van der Waals surface area contributed by atoms with Gasteiger partial charge in [-0.2, -0.15) is 14.0 Å². The van der Waals surface area contributed by atoms with Crippen LogP contribution in [0.25, 0.3) is 56.2 Å². The van der Waals surface area contributed by atoms with Gasteiger partial charge in [0.15, 0.2) is 11.2 Å². The average Bonchev–Trinajstić information content (AvgIpc) is 3.92. The van der Waals surface area contributed by atoms with Gasteiger partial charge in [-0.25, -0.2) is 9.97 Å². The van der Waals surface area contributed by atoms with Crippen LogP contribution < -0.4 is 15.4 Å². The van der Waals surface area contributed by atoms with E-state index in [4.69, 9.17) is 28.3 Å². The second-order valence-electron chi connectivity index (χ2n) is 13.9. The van der Waals surface area contributed by atoms with Gasteiger partial charge in [-0.1, -0.05) is 24.3 Å². The second-order valence-corrected chi connectivity index (χ2v) is 13.9. The van der Waals surface area contributed by atoms with Crippen LogP contribution in [0.15, 0.2) is 69.5 Å². The van der Waals surface area contributed by atoms with Gasteiger partial charge in [0.25, 0.3) is 0 Å². The predicted molar refractivity (Wildman–Crippen MR) is 195 cm³/mol. The van der Waals surface area contributed by atoms with Crippen LogP contribution in [0.5, 0.6) is 5.75 Å². The van der Waals surface area contributed by atoms with Crippen LogP contribution in [0.3, 0.4) is 0 Å². The van der Waals surface area contributed by atoms with E-state index in [1.807, 2.05) is 56.3 Å². The van der Waals surface area contributed by atoms with E-state index in [0.717, 1.165) is 46.3 Å². The van der Waals surface area contributed by atoms with Gasteiger partial charge in [0.05, 0.1) is 11.7 Å². The molecule has 0 bridgehead atoms. The number of nitriles is 1. The lowest BCUT2D eigenvalue weighted by atomic mass is 9.89. The largest absolute Gasteiger partial charge is 0.460 e. The number of aromatic nitrogens is 2. The number of halogens is 2. The van der Waals surface area contributed by atoms with Crippen molar-refractivity contribution in [2.45, 2.75) is 77.5 Å². The monoisotopic (exact) mass is 733 g/mol. The first-order valence-corrected chi connectivity index (χ1v) is 17.9. The summed E-state index contributed by atoms with van der Waals surface area (Å²) in [7, 11) is 0. The van der Waals surface area contributed by atoms with Crippen molar-refractivity contribution in [2.24, 2.45) is 0 Å². The summed E-state index contributed by atoms with van der Waals surface area (Å²) in [5.41, 5.74) is 8.27. The molecule has 2 fully saturated rings. The maximum Gasteiger partial charge on any atom is 0.387 e. The standard InChI is InChI=1S/C41H37F2N5O6/c1-21-28(29-7-4-9-31(22(29)2)39-48-34-13-23(12-24(18-44)37(34)54-39)19-46-26-15-27(49)16-26)6-3-8-30(21)38-47-33-14-25(20-51-40(50)32-10-5-11-45-32)35(53-41(42)43)17-36(33)52-38/h3-4,6-9,12-14,17,26-27,32,41,45-46,49H,5,10-11,15-16,19-20H2,1-2H3/t26?,27?,32-/m0/s1. The maximum absolute atomic E-state index is 13.4. The lowest BCUT2D eigenvalue weighted by molar-refractivity contribution is -0.147. The number of nitrogens with zero attached hydrogens (tertiary/aromatic N) is 3. The third kappa shape index (κ3) is 6.91. The first-order chi connectivity index (χ1) is 26.1. The van der Waals surface area contributed by atoms with Crippen molar-refractivity contribution in [3.8, 4) is 45.9 Å². The first kappa shape index (κ1) is 35.4. The number of carbonyl (C=O) groups excluding carboxylic acids is 1. The molecule has 0 unspecified atom stereocenters. The van der Waals surface area contributed by atoms with Crippen molar-refractivity contribution in [1.82, 2.24) is 20.6 Å². The first-order valence-electron chi connectivity index (χ1n) is 17.9. The Morgan fingerprint density at radius 1 is 1.00 bits per heavy atom. The Labute approximate surface area is 308 Å². The van der Waals surface area contributed by atoms with Crippen LogP contribution in [0, 0.1) is 25.2 Å². The molecule has 276 valence electrons. The zero-order valence-electron chi connectivity index (χ0n) is 29.6. The highest BCUT2D eigenvalue weighted by Crippen LogP contribution is 2.39. The fourth-order valence-corrected chi connectivity index (χ4v) is 7.29. The highest BCUT2D eigenvalue weighted by molar-refractivity contribution is 5.86. The number of ether oxygens (including phenoxy) is 2. The molecular formula is C41H37F2N5O6.